The van der Waals surface area contributed by atoms with Crippen molar-refractivity contribution in [1.29, 1.82) is 0 Å². The molecule has 15 rings (SSSR count). The zero-order valence-corrected chi connectivity index (χ0v) is 52.4. The van der Waals surface area contributed by atoms with Crippen molar-refractivity contribution in [3.05, 3.63) is 336 Å². The van der Waals surface area contributed by atoms with Gasteiger partial charge < -0.3 is 18.6 Å². The summed E-state index contributed by atoms with van der Waals surface area (Å²) in [6, 6.07) is 106. The highest BCUT2D eigenvalue weighted by Gasteiger charge is 2.29. The molecule has 438 valence electrons. The van der Waals surface area contributed by atoms with Crippen LogP contribution in [0.25, 0.3) is 65.4 Å². The molecule has 0 bridgehead atoms. The molecule has 0 spiro atoms. The lowest BCUT2D eigenvalue weighted by molar-refractivity contribution is 0.637. The molecular formula is C86H72N2O2. The molecule has 4 nitrogen and oxygen atoms in total. The molecule has 0 amide bonds. The van der Waals surface area contributed by atoms with Crippen LogP contribution in [0.1, 0.15) is 99.9 Å². The van der Waals surface area contributed by atoms with Crippen molar-refractivity contribution in [2.24, 2.45) is 0 Å². The molecule has 0 fully saturated rings. The van der Waals surface area contributed by atoms with Gasteiger partial charge >= 0.3 is 0 Å². The molecule has 0 aliphatic heterocycles. The second kappa shape index (κ2) is 21.7. The zero-order valence-electron chi connectivity index (χ0n) is 52.4. The average Bonchev–Trinajstić information content (AvgIpc) is 1.58. The van der Waals surface area contributed by atoms with Crippen LogP contribution >= 0.6 is 0 Å². The summed E-state index contributed by atoms with van der Waals surface area (Å²) in [5, 5.41) is 8.43. The van der Waals surface area contributed by atoms with E-state index in [2.05, 4.69) is 356 Å². The Morgan fingerprint density at radius 2 is 0.411 bits per heavy atom. The fraction of sp³-hybridized carbons (Fsp3) is 0.140. The molecule has 15 aromatic rings. The van der Waals surface area contributed by atoms with Crippen molar-refractivity contribution in [3.8, 4) is 0 Å². The van der Waals surface area contributed by atoms with Crippen LogP contribution in [-0.2, 0) is 21.7 Å². The van der Waals surface area contributed by atoms with Crippen molar-refractivity contribution < 1.29 is 8.83 Å². The van der Waals surface area contributed by atoms with Gasteiger partial charge in [0.1, 0.15) is 11.2 Å². The predicted octanol–water partition coefficient (Wildman–Crippen LogP) is 24.0. The van der Waals surface area contributed by atoms with Crippen LogP contribution in [0.4, 0.5) is 34.1 Å². The van der Waals surface area contributed by atoms with Crippen LogP contribution in [0.5, 0.6) is 0 Å². The largest absolute Gasteiger partial charge is 0.451 e. The van der Waals surface area contributed by atoms with Crippen molar-refractivity contribution >= 4 is 99.5 Å². The molecule has 0 atom stereocenters. The molecule has 0 radical (unpaired) electrons. The Labute approximate surface area is 527 Å². The summed E-state index contributed by atoms with van der Waals surface area (Å²) < 4.78 is 14.2. The summed E-state index contributed by atoms with van der Waals surface area (Å²) in [5.74, 6) is 0. The summed E-state index contributed by atoms with van der Waals surface area (Å²) in [4.78, 5) is 4.75. The Morgan fingerprint density at radius 3 is 0.678 bits per heavy atom. The molecule has 0 aliphatic rings. The van der Waals surface area contributed by atoms with Gasteiger partial charge in [-0.05, 0) is 164 Å². The van der Waals surface area contributed by atoms with Crippen LogP contribution in [0.3, 0.4) is 0 Å². The van der Waals surface area contributed by atoms with E-state index in [0.717, 1.165) is 99.5 Å². The molecule has 13 aromatic carbocycles. The summed E-state index contributed by atoms with van der Waals surface area (Å²) in [6.45, 7) is 18.4. The number of nitrogens with zero attached hydrogens (tertiary/aromatic N) is 2. The van der Waals surface area contributed by atoms with Crippen LogP contribution in [0.2, 0.25) is 0 Å². The average molecular weight is 1170 g/mol. The van der Waals surface area contributed by atoms with Gasteiger partial charge in [-0.25, -0.2) is 0 Å². The number of fused-ring (bicyclic) bond motifs is 11. The Hall–Kier alpha value is -10.4. The van der Waals surface area contributed by atoms with Gasteiger partial charge in [0.2, 0.25) is 0 Å². The molecule has 0 saturated carbocycles. The minimum atomic E-state index is -0.170. The third-order valence-corrected chi connectivity index (χ3v) is 19.9. The number of hydrogen-bond acceptors (Lipinski definition) is 4. The van der Waals surface area contributed by atoms with Crippen molar-refractivity contribution in [2.45, 2.75) is 77.0 Å². The summed E-state index contributed by atoms with van der Waals surface area (Å²) in [7, 11) is 0. The summed E-state index contributed by atoms with van der Waals surface area (Å²) in [5.41, 5.74) is 19.1. The molecule has 0 unspecified atom stereocenters. The van der Waals surface area contributed by atoms with E-state index in [1.54, 1.807) is 0 Å². The number of furan rings is 2. The van der Waals surface area contributed by atoms with E-state index < -0.39 is 0 Å². The molecule has 90 heavy (non-hydrogen) atoms. The molecular weight excluding hydrogens is 1090 g/mol. The van der Waals surface area contributed by atoms with E-state index in [1.165, 1.54) is 44.5 Å². The van der Waals surface area contributed by atoms with E-state index in [0.29, 0.717) is 0 Å². The van der Waals surface area contributed by atoms with Crippen molar-refractivity contribution in [1.82, 2.24) is 0 Å². The minimum absolute atomic E-state index is 0.170. The highest BCUT2D eigenvalue weighted by Crippen LogP contribution is 2.47. The van der Waals surface area contributed by atoms with Crippen molar-refractivity contribution in [2.75, 3.05) is 9.80 Å². The lowest BCUT2D eigenvalue weighted by Crippen LogP contribution is -2.19. The van der Waals surface area contributed by atoms with E-state index in [1.807, 2.05) is 0 Å². The van der Waals surface area contributed by atoms with Gasteiger partial charge in [-0.15, -0.1) is 0 Å². The first-order chi connectivity index (χ1) is 43.6. The maximum absolute atomic E-state index is 7.10. The Morgan fingerprint density at radius 1 is 0.200 bits per heavy atom. The first kappa shape index (κ1) is 56.1. The Kier molecular flexibility index (Phi) is 13.5. The highest BCUT2D eigenvalue weighted by molar-refractivity contribution is 6.24. The van der Waals surface area contributed by atoms with E-state index >= 15 is 0 Å². The quantitative estimate of drug-likeness (QED) is 0.109. The van der Waals surface area contributed by atoms with Gasteiger partial charge in [0.25, 0.3) is 0 Å². The van der Waals surface area contributed by atoms with Gasteiger partial charge in [-0.3, -0.25) is 0 Å². The maximum atomic E-state index is 7.10. The third-order valence-electron chi connectivity index (χ3n) is 19.9. The van der Waals surface area contributed by atoms with Crippen molar-refractivity contribution in [3.63, 3.8) is 0 Å². The number of benzene rings is 13. The second-order valence-electron chi connectivity index (χ2n) is 26.5. The normalized spacial score (nSPS) is 12.4. The van der Waals surface area contributed by atoms with Gasteiger partial charge in [0, 0.05) is 88.1 Å². The van der Waals surface area contributed by atoms with Crippen LogP contribution in [0, 0.1) is 0 Å². The number of anilines is 6. The first-order valence-electron chi connectivity index (χ1n) is 31.5. The van der Waals surface area contributed by atoms with Crippen LogP contribution in [-0.4, -0.2) is 0 Å². The molecule has 0 saturated heterocycles. The fourth-order valence-corrected chi connectivity index (χ4v) is 14.0. The fourth-order valence-electron chi connectivity index (χ4n) is 14.0. The van der Waals surface area contributed by atoms with Gasteiger partial charge in [-0.2, -0.15) is 0 Å². The number of hydrogen-bond donors (Lipinski definition) is 0. The standard InChI is InChI=1S/C86H72N2O2/c1-83(2,59-21-13-9-14-22-59)63-31-39-67(40-32-63)87(68-41-33-64(34-42-68)84(3,4)60-23-15-10-16-24-60)71-47-51-73-57(55-71)29-49-75-77-53-54-78-76-50-30-58-56-72(48-52-74(58)80(76)90-82(78)81(77)89-79(73)75)88(69-43-35-65(36-44-69)85(5,6)61-25-17-11-18-26-61)70-45-37-66(38-46-70)86(7,8)62-27-19-12-20-28-62/h9-56H,1-8H3. The highest BCUT2D eigenvalue weighted by atomic mass is 16.4. The zero-order chi connectivity index (χ0) is 61.5. The van der Waals surface area contributed by atoms with Gasteiger partial charge in [-0.1, -0.05) is 237 Å². The molecule has 0 N–H and O–H groups in total. The van der Waals surface area contributed by atoms with Crippen LogP contribution < -0.4 is 9.80 Å². The van der Waals surface area contributed by atoms with E-state index in [9.17, 15) is 0 Å². The second-order valence-corrected chi connectivity index (χ2v) is 26.5. The topological polar surface area (TPSA) is 32.8 Å². The summed E-state index contributed by atoms with van der Waals surface area (Å²) in [6.07, 6.45) is 0. The Bertz CT molecular complexity index is 4600. The smallest absolute Gasteiger partial charge is 0.178 e. The SMILES string of the molecule is CC(C)(c1ccccc1)c1ccc(N(c2ccc(C(C)(C)c3ccccc3)cc2)c2ccc3c(ccc4c5ccc6c7ccc8cc(N(c9ccc(C(C)(C)c%10ccccc%10)cc9)c9ccc(C(C)(C)c%10ccccc%10)cc9)ccc8c7oc6c5oc34)c2)cc1. The third kappa shape index (κ3) is 9.52. The van der Waals surface area contributed by atoms with Crippen LogP contribution in [0.15, 0.2) is 300 Å². The number of rotatable bonds is 14. The summed E-state index contributed by atoms with van der Waals surface area (Å²) >= 11 is 0. The predicted molar refractivity (Wildman–Crippen MR) is 380 cm³/mol. The monoisotopic (exact) mass is 1160 g/mol. The molecule has 2 heterocycles. The Balaban J connectivity index is 0.800. The van der Waals surface area contributed by atoms with E-state index in [4.69, 9.17) is 8.83 Å². The molecule has 2 aromatic heterocycles. The maximum Gasteiger partial charge on any atom is 0.178 e. The lowest BCUT2D eigenvalue weighted by Gasteiger charge is -2.30. The van der Waals surface area contributed by atoms with E-state index in [-0.39, 0.29) is 21.7 Å². The molecule has 4 heteroatoms. The molecule has 0 aliphatic carbocycles. The van der Waals surface area contributed by atoms with Gasteiger partial charge in [0.05, 0.1) is 0 Å². The lowest BCUT2D eigenvalue weighted by atomic mass is 9.78. The minimum Gasteiger partial charge on any atom is -0.451 e. The van der Waals surface area contributed by atoms with Gasteiger partial charge in [0.15, 0.2) is 11.2 Å². The first-order valence-corrected chi connectivity index (χ1v) is 31.5.